The Morgan fingerprint density at radius 2 is 1.80 bits per heavy atom. The topological polar surface area (TPSA) is 0 Å². The van der Waals surface area contributed by atoms with Crippen LogP contribution in [-0.2, 0) is 0 Å². The van der Waals surface area contributed by atoms with Crippen molar-refractivity contribution in [3.05, 3.63) is 60.0 Å². The van der Waals surface area contributed by atoms with E-state index in [0.717, 1.165) is 5.92 Å². The standard InChI is InChI=1S/C15H17/c1-12(2)10-13-8-9-15(11-13)14-6-4-3-5-7-14/h3-9,11-12H,10H2,1-2H3. The molecule has 0 heterocycles. The number of rotatable bonds is 3. The summed E-state index contributed by atoms with van der Waals surface area (Å²) in [6.07, 6.45) is 7.93. The van der Waals surface area contributed by atoms with Gasteiger partial charge in [-0.2, -0.15) is 0 Å². The van der Waals surface area contributed by atoms with Crippen LogP contribution in [0.5, 0.6) is 0 Å². The average Bonchev–Trinajstić information content (AvgIpc) is 2.67. The normalized spacial score (nSPS) is 15.4. The average molecular weight is 197 g/mol. The lowest BCUT2D eigenvalue weighted by atomic mass is 10.0. The van der Waals surface area contributed by atoms with Gasteiger partial charge in [-0.25, -0.2) is 0 Å². The summed E-state index contributed by atoms with van der Waals surface area (Å²) in [4.78, 5) is 0. The number of allylic oxidation sites excluding steroid dienone is 4. The number of hydrogen-bond acceptors (Lipinski definition) is 0. The summed E-state index contributed by atoms with van der Waals surface area (Å²) in [7, 11) is 0. The van der Waals surface area contributed by atoms with E-state index in [1.165, 1.54) is 23.1 Å². The van der Waals surface area contributed by atoms with Crippen molar-refractivity contribution in [2.45, 2.75) is 20.3 Å². The molecule has 1 aliphatic carbocycles. The van der Waals surface area contributed by atoms with Crippen molar-refractivity contribution < 1.29 is 0 Å². The van der Waals surface area contributed by atoms with Gasteiger partial charge >= 0.3 is 0 Å². The van der Waals surface area contributed by atoms with Crippen molar-refractivity contribution in [1.82, 2.24) is 0 Å². The molecule has 0 nitrogen and oxygen atoms in total. The highest BCUT2D eigenvalue weighted by molar-refractivity contribution is 5.79. The van der Waals surface area contributed by atoms with E-state index >= 15 is 0 Å². The summed E-state index contributed by atoms with van der Waals surface area (Å²) in [5.41, 5.74) is 4.10. The van der Waals surface area contributed by atoms with Crippen LogP contribution in [0.25, 0.3) is 5.57 Å². The molecule has 1 aliphatic rings. The van der Waals surface area contributed by atoms with E-state index in [9.17, 15) is 0 Å². The number of hydrogen-bond donors (Lipinski definition) is 0. The summed E-state index contributed by atoms with van der Waals surface area (Å²) < 4.78 is 0. The molecular formula is C15H17. The van der Waals surface area contributed by atoms with E-state index in [0.29, 0.717) is 0 Å². The quantitative estimate of drug-likeness (QED) is 0.679. The van der Waals surface area contributed by atoms with Gasteiger partial charge in [-0.05, 0) is 23.5 Å². The zero-order valence-electron chi connectivity index (χ0n) is 9.40. The summed E-state index contributed by atoms with van der Waals surface area (Å²) in [6, 6.07) is 10.6. The van der Waals surface area contributed by atoms with Crippen molar-refractivity contribution in [3.8, 4) is 0 Å². The van der Waals surface area contributed by atoms with Gasteiger partial charge in [-0.15, -0.1) is 0 Å². The Labute approximate surface area is 92.3 Å². The highest BCUT2D eigenvalue weighted by atomic mass is 14.1. The molecule has 1 aromatic rings. The van der Waals surface area contributed by atoms with Crippen molar-refractivity contribution in [1.29, 1.82) is 0 Å². The van der Waals surface area contributed by atoms with Gasteiger partial charge < -0.3 is 0 Å². The lowest BCUT2D eigenvalue weighted by Crippen LogP contribution is -1.87. The summed E-state index contributed by atoms with van der Waals surface area (Å²) >= 11 is 0. The summed E-state index contributed by atoms with van der Waals surface area (Å²) in [6.45, 7) is 4.52. The van der Waals surface area contributed by atoms with Crippen LogP contribution in [0.15, 0.2) is 48.1 Å². The van der Waals surface area contributed by atoms with Crippen LogP contribution in [0.3, 0.4) is 0 Å². The van der Waals surface area contributed by atoms with Gasteiger partial charge in [0.2, 0.25) is 0 Å². The second-order valence-electron chi connectivity index (χ2n) is 4.47. The molecule has 0 fully saturated rings. The van der Waals surface area contributed by atoms with Crippen molar-refractivity contribution in [2.75, 3.05) is 0 Å². The Morgan fingerprint density at radius 3 is 2.47 bits per heavy atom. The summed E-state index contributed by atoms with van der Waals surface area (Å²) in [5, 5.41) is 0. The van der Waals surface area contributed by atoms with Crippen LogP contribution in [-0.4, -0.2) is 0 Å². The Hall–Kier alpha value is -1.30. The van der Waals surface area contributed by atoms with Crippen LogP contribution < -0.4 is 0 Å². The molecule has 15 heavy (non-hydrogen) atoms. The maximum absolute atomic E-state index is 2.30. The lowest BCUT2D eigenvalue weighted by molar-refractivity contribution is 0.651. The van der Waals surface area contributed by atoms with Gasteiger partial charge in [0.25, 0.3) is 0 Å². The van der Waals surface area contributed by atoms with Crippen LogP contribution in [0.1, 0.15) is 25.8 Å². The maximum Gasteiger partial charge on any atom is 0.0134 e. The molecule has 0 spiro atoms. The third-order valence-electron chi connectivity index (χ3n) is 2.57. The maximum atomic E-state index is 2.30. The Morgan fingerprint density at radius 1 is 1.07 bits per heavy atom. The third-order valence-corrected chi connectivity index (χ3v) is 2.57. The Balaban J connectivity index is 2.10. The smallest absolute Gasteiger partial charge is 0.0134 e. The predicted octanol–water partition coefficient (Wildman–Crippen LogP) is 4.26. The van der Waals surface area contributed by atoms with Gasteiger partial charge in [-0.1, -0.05) is 61.9 Å². The van der Waals surface area contributed by atoms with Gasteiger partial charge in [0.05, 0.1) is 0 Å². The highest BCUT2D eigenvalue weighted by Crippen LogP contribution is 2.28. The van der Waals surface area contributed by atoms with Crippen molar-refractivity contribution in [3.63, 3.8) is 0 Å². The molecule has 0 atom stereocenters. The minimum atomic E-state index is 0.732. The fraction of sp³-hybridized carbons (Fsp3) is 0.267. The molecule has 77 valence electrons. The van der Waals surface area contributed by atoms with E-state index in [1.54, 1.807) is 0 Å². The SMILES string of the molecule is CC(C)CC1=C[CH]C(c2ccccc2)=C1. The van der Waals surface area contributed by atoms with Gasteiger partial charge in [0, 0.05) is 6.42 Å². The van der Waals surface area contributed by atoms with E-state index < -0.39 is 0 Å². The van der Waals surface area contributed by atoms with Gasteiger partial charge in [-0.3, -0.25) is 0 Å². The lowest BCUT2D eigenvalue weighted by Gasteiger charge is -2.03. The third kappa shape index (κ3) is 2.59. The fourth-order valence-electron chi connectivity index (χ4n) is 1.90. The molecule has 0 aromatic heterocycles. The van der Waals surface area contributed by atoms with Crippen molar-refractivity contribution in [2.24, 2.45) is 5.92 Å². The second kappa shape index (κ2) is 4.48. The van der Waals surface area contributed by atoms with E-state index in [2.05, 4.69) is 62.8 Å². The molecule has 0 heteroatoms. The predicted molar refractivity (Wildman–Crippen MR) is 66.3 cm³/mol. The van der Waals surface area contributed by atoms with Crippen LogP contribution in [0.4, 0.5) is 0 Å². The second-order valence-corrected chi connectivity index (χ2v) is 4.47. The van der Waals surface area contributed by atoms with Gasteiger partial charge in [0.15, 0.2) is 0 Å². The molecule has 1 radical (unpaired) electrons. The van der Waals surface area contributed by atoms with Crippen molar-refractivity contribution >= 4 is 5.57 Å². The zero-order valence-corrected chi connectivity index (χ0v) is 9.40. The molecule has 0 aliphatic heterocycles. The molecule has 0 N–H and O–H groups in total. The first-order valence-corrected chi connectivity index (χ1v) is 5.57. The molecule has 0 unspecified atom stereocenters. The van der Waals surface area contributed by atoms with Crippen LogP contribution in [0, 0.1) is 12.3 Å². The molecule has 0 saturated carbocycles. The first-order chi connectivity index (χ1) is 7.25. The largest absolute Gasteiger partial charge is 0.0728 e. The monoisotopic (exact) mass is 197 g/mol. The number of benzene rings is 1. The van der Waals surface area contributed by atoms with Gasteiger partial charge in [0.1, 0.15) is 0 Å². The molecular weight excluding hydrogens is 180 g/mol. The van der Waals surface area contributed by atoms with E-state index in [4.69, 9.17) is 0 Å². The first kappa shape index (κ1) is 10.2. The highest BCUT2D eigenvalue weighted by Gasteiger charge is 2.09. The fourth-order valence-corrected chi connectivity index (χ4v) is 1.90. The van der Waals surface area contributed by atoms with Crippen LogP contribution >= 0.6 is 0 Å². The summed E-state index contributed by atoms with van der Waals surface area (Å²) in [5.74, 6) is 0.732. The molecule has 1 aromatic carbocycles. The Kier molecular flexibility index (Phi) is 3.05. The molecule has 0 saturated heterocycles. The van der Waals surface area contributed by atoms with E-state index in [-0.39, 0.29) is 0 Å². The minimum absolute atomic E-state index is 0.732. The molecule has 0 amide bonds. The first-order valence-electron chi connectivity index (χ1n) is 5.57. The molecule has 0 bridgehead atoms. The Bertz CT molecular complexity index is 380. The zero-order chi connectivity index (χ0) is 10.7. The minimum Gasteiger partial charge on any atom is -0.0728 e. The van der Waals surface area contributed by atoms with E-state index in [1.807, 2.05) is 0 Å². The van der Waals surface area contributed by atoms with Crippen LogP contribution in [0.2, 0.25) is 0 Å². The molecule has 2 rings (SSSR count).